The van der Waals surface area contributed by atoms with E-state index in [0.29, 0.717) is 6.79 Å². The van der Waals surface area contributed by atoms with Crippen molar-refractivity contribution in [2.45, 2.75) is 6.42 Å². The Kier molecular flexibility index (Phi) is 0.983. The van der Waals surface area contributed by atoms with Crippen LogP contribution < -0.4 is 5.48 Å². The molecule has 0 spiro atoms. The van der Waals surface area contributed by atoms with Gasteiger partial charge in [0.2, 0.25) is 6.79 Å². The third kappa shape index (κ3) is 0.664. The molecule has 0 amide bonds. The van der Waals surface area contributed by atoms with E-state index in [1.807, 2.05) is 6.08 Å². The van der Waals surface area contributed by atoms with Gasteiger partial charge < -0.3 is 14.3 Å². The van der Waals surface area contributed by atoms with Crippen molar-refractivity contribution in [3.05, 3.63) is 35.1 Å². The van der Waals surface area contributed by atoms with Gasteiger partial charge in [-0.05, 0) is 6.08 Å². The Morgan fingerprint density at radius 2 is 2.33 bits per heavy atom. The summed E-state index contributed by atoms with van der Waals surface area (Å²) in [4.78, 5) is 4.95. The number of hydrogen-bond donors (Lipinski definition) is 1. The molecule has 62 valence electrons. The minimum absolute atomic E-state index is 0.305. The van der Waals surface area contributed by atoms with E-state index in [0.717, 1.165) is 29.2 Å². The van der Waals surface area contributed by atoms with Crippen LogP contribution in [0.25, 0.3) is 0 Å². The fourth-order valence-corrected chi connectivity index (χ4v) is 1.46. The lowest BCUT2D eigenvalue weighted by Crippen LogP contribution is -2.19. The van der Waals surface area contributed by atoms with Crippen molar-refractivity contribution in [3.63, 3.8) is 0 Å². The van der Waals surface area contributed by atoms with Gasteiger partial charge in [-0.3, -0.25) is 0 Å². The summed E-state index contributed by atoms with van der Waals surface area (Å²) in [5.74, 6) is 1.85. The minimum Gasteiger partial charge on any atom is -0.461 e. The van der Waals surface area contributed by atoms with Crippen LogP contribution in [0.15, 0.2) is 35.1 Å². The van der Waals surface area contributed by atoms with Gasteiger partial charge in [0.1, 0.15) is 23.5 Å². The lowest BCUT2D eigenvalue weighted by atomic mass is 10.0. The molecule has 0 aromatic carbocycles. The molecular formula is C8H7NO3. The summed E-state index contributed by atoms with van der Waals surface area (Å²) in [6.07, 6.45) is 4.33. The summed E-state index contributed by atoms with van der Waals surface area (Å²) in [6, 6.07) is 0. The summed E-state index contributed by atoms with van der Waals surface area (Å²) in [5, 5.41) is 0. The number of nitrogens with one attached hydrogen (secondary N) is 1. The van der Waals surface area contributed by atoms with E-state index in [2.05, 4.69) is 5.48 Å². The van der Waals surface area contributed by atoms with Gasteiger partial charge in [0, 0.05) is 5.57 Å². The number of rotatable bonds is 0. The first-order valence-corrected chi connectivity index (χ1v) is 3.75. The zero-order chi connectivity index (χ0) is 7.97. The molecule has 0 atom stereocenters. The van der Waals surface area contributed by atoms with Gasteiger partial charge in [-0.2, -0.15) is 0 Å². The smallest absolute Gasteiger partial charge is 0.230 e. The van der Waals surface area contributed by atoms with E-state index < -0.39 is 0 Å². The van der Waals surface area contributed by atoms with E-state index >= 15 is 0 Å². The van der Waals surface area contributed by atoms with Gasteiger partial charge >= 0.3 is 0 Å². The molecule has 3 rings (SSSR count). The highest BCUT2D eigenvalue weighted by Crippen LogP contribution is 2.33. The highest BCUT2D eigenvalue weighted by molar-refractivity contribution is 5.46. The first kappa shape index (κ1) is 5.99. The van der Waals surface area contributed by atoms with Crippen molar-refractivity contribution in [2.75, 3.05) is 6.79 Å². The molecular weight excluding hydrogens is 158 g/mol. The average molecular weight is 165 g/mol. The van der Waals surface area contributed by atoms with E-state index in [1.165, 1.54) is 0 Å². The van der Waals surface area contributed by atoms with Gasteiger partial charge in [-0.25, -0.2) is 5.48 Å². The Hall–Kier alpha value is -1.58. The Balaban J connectivity index is 2.12. The number of hydroxylamine groups is 1. The molecule has 0 radical (unpaired) electrons. The summed E-state index contributed by atoms with van der Waals surface area (Å²) in [7, 11) is 0. The van der Waals surface area contributed by atoms with Crippen molar-refractivity contribution in [1.29, 1.82) is 0 Å². The molecule has 1 aliphatic carbocycles. The fraction of sp³-hybridized carbons (Fsp3) is 0.250. The SMILES string of the molecule is C1=C2CC(=C3NOC=C13)OCO2. The Labute approximate surface area is 69.1 Å². The topological polar surface area (TPSA) is 39.7 Å². The second-order valence-corrected chi connectivity index (χ2v) is 2.79. The van der Waals surface area contributed by atoms with Crippen molar-refractivity contribution in [2.24, 2.45) is 0 Å². The molecule has 0 aromatic heterocycles. The lowest BCUT2D eigenvalue weighted by molar-refractivity contribution is -0.0257. The molecule has 1 saturated heterocycles. The van der Waals surface area contributed by atoms with Crippen LogP contribution in [0.4, 0.5) is 0 Å². The fourth-order valence-electron chi connectivity index (χ4n) is 1.46. The van der Waals surface area contributed by atoms with E-state index in [1.54, 1.807) is 6.26 Å². The summed E-state index contributed by atoms with van der Waals surface area (Å²) in [6.45, 7) is 0.305. The zero-order valence-electron chi connectivity index (χ0n) is 6.29. The quantitative estimate of drug-likeness (QED) is 0.579. The van der Waals surface area contributed by atoms with Crippen LogP contribution in [-0.2, 0) is 14.3 Å². The van der Waals surface area contributed by atoms with Crippen LogP contribution in [0.3, 0.4) is 0 Å². The largest absolute Gasteiger partial charge is 0.461 e. The number of fused-ring (bicyclic) bond motifs is 3. The maximum Gasteiger partial charge on any atom is 0.230 e. The monoisotopic (exact) mass is 165 g/mol. The molecule has 1 fully saturated rings. The second kappa shape index (κ2) is 1.97. The molecule has 2 heterocycles. The number of hydrogen-bond acceptors (Lipinski definition) is 4. The summed E-state index contributed by atoms with van der Waals surface area (Å²) in [5.41, 5.74) is 4.70. The predicted molar refractivity (Wildman–Crippen MR) is 39.1 cm³/mol. The number of ether oxygens (including phenoxy) is 2. The second-order valence-electron chi connectivity index (χ2n) is 2.79. The summed E-state index contributed by atoms with van der Waals surface area (Å²) < 4.78 is 10.5. The lowest BCUT2D eigenvalue weighted by Gasteiger charge is -2.25. The van der Waals surface area contributed by atoms with Gasteiger partial charge in [0.25, 0.3) is 0 Å². The van der Waals surface area contributed by atoms with Gasteiger partial charge in [0.15, 0.2) is 0 Å². The highest BCUT2D eigenvalue weighted by atomic mass is 16.7. The minimum atomic E-state index is 0.305. The third-order valence-electron chi connectivity index (χ3n) is 2.04. The van der Waals surface area contributed by atoms with Crippen LogP contribution >= 0.6 is 0 Å². The van der Waals surface area contributed by atoms with Crippen molar-refractivity contribution >= 4 is 0 Å². The van der Waals surface area contributed by atoms with Crippen LogP contribution in [0.5, 0.6) is 0 Å². The molecule has 2 aliphatic heterocycles. The van der Waals surface area contributed by atoms with E-state index in [-0.39, 0.29) is 0 Å². The molecule has 0 saturated carbocycles. The molecule has 0 unspecified atom stereocenters. The first-order chi connectivity index (χ1) is 5.93. The average Bonchev–Trinajstić information content (AvgIpc) is 2.53. The molecule has 3 aliphatic rings. The maximum atomic E-state index is 5.30. The Morgan fingerprint density at radius 1 is 1.33 bits per heavy atom. The molecule has 1 N–H and O–H groups in total. The van der Waals surface area contributed by atoms with Crippen LogP contribution in [0, 0.1) is 0 Å². The molecule has 4 nitrogen and oxygen atoms in total. The molecule has 0 aromatic rings. The van der Waals surface area contributed by atoms with E-state index in [4.69, 9.17) is 14.3 Å². The highest BCUT2D eigenvalue weighted by Gasteiger charge is 2.27. The first-order valence-electron chi connectivity index (χ1n) is 3.75. The maximum absolute atomic E-state index is 5.30. The third-order valence-corrected chi connectivity index (χ3v) is 2.04. The predicted octanol–water partition coefficient (Wildman–Crippen LogP) is 0.909. The number of allylic oxidation sites excluding steroid dienone is 1. The van der Waals surface area contributed by atoms with Crippen molar-refractivity contribution in [3.8, 4) is 0 Å². The van der Waals surface area contributed by atoms with Crippen LogP contribution in [0.1, 0.15) is 6.42 Å². The Bertz CT molecular complexity index is 327. The van der Waals surface area contributed by atoms with E-state index in [9.17, 15) is 0 Å². The van der Waals surface area contributed by atoms with Crippen molar-refractivity contribution < 1.29 is 14.3 Å². The molecule has 4 heteroatoms. The van der Waals surface area contributed by atoms with Gasteiger partial charge in [0.05, 0.1) is 6.42 Å². The van der Waals surface area contributed by atoms with Crippen molar-refractivity contribution in [1.82, 2.24) is 5.48 Å². The van der Waals surface area contributed by atoms with Gasteiger partial charge in [-0.1, -0.05) is 0 Å². The van der Waals surface area contributed by atoms with Crippen LogP contribution in [-0.4, -0.2) is 6.79 Å². The molecule has 2 bridgehead atoms. The zero-order valence-corrected chi connectivity index (χ0v) is 6.29. The normalized spacial score (nSPS) is 24.0. The standard InChI is InChI=1S/C8H7NO3/c1-5-3-12-9-8(5)7-2-6(1)10-4-11-7/h1,3,9H,2,4H2. The van der Waals surface area contributed by atoms with Crippen LogP contribution in [0.2, 0.25) is 0 Å². The van der Waals surface area contributed by atoms with Gasteiger partial charge in [-0.15, -0.1) is 0 Å². The summed E-state index contributed by atoms with van der Waals surface area (Å²) >= 11 is 0. The Morgan fingerprint density at radius 3 is 3.33 bits per heavy atom. The molecule has 12 heavy (non-hydrogen) atoms.